The molecule has 112 valence electrons. The van der Waals surface area contributed by atoms with E-state index in [1.54, 1.807) is 0 Å². The van der Waals surface area contributed by atoms with Crippen molar-refractivity contribution >= 4 is 38.5 Å². The van der Waals surface area contributed by atoms with Crippen LogP contribution in [0.2, 0.25) is 0 Å². The molecular formula is C17H19BrINO. The molecule has 1 unspecified atom stereocenters. The van der Waals surface area contributed by atoms with Crippen molar-refractivity contribution in [3.63, 3.8) is 0 Å². The Morgan fingerprint density at radius 2 is 1.95 bits per heavy atom. The lowest BCUT2D eigenvalue weighted by atomic mass is 9.98. The number of hydrogen-bond acceptors (Lipinski definition) is 2. The average Bonchev–Trinajstić information content (AvgIpc) is 2.48. The van der Waals surface area contributed by atoms with Crippen molar-refractivity contribution in [1.82, 2.24) is 5.32 Å². The fraction of sp³-hybridized carbons (Fsp3) is 0.294. The summed E-state index contributed by atoms with van der Waals surface area (Å²) in [6.07, 6.45) is 0. The first-order valence-corrected chi connectivity index (χ1v) is 8.94. The molecule has 0 saturated carbocycles. The van der Waals surface area contributed by atoms with E-state index in [-0.39, 0.29) is 6.04 Å². The van der Waals surface area contributed by atoms with Gasteiger partial charge < -0.3 is 10.1 Å². The Balaban J connectivity index is 2.39. The van der Waals surface area contributed by atoms with E-state index < -0.39 is 0 Å². The Morgan fingerprint density at radius 3 is 2.57 bits per heavy atom. The summed E-state index contributed by atoms with van der Waals surface area (Å²) in [5, 5.41) is 3.57. The monoisotopic (exact) mass is 459 g/mol. The maximum atomic E-state index is 5.59. The maximum Gasteiger partial charge on any atom is 0.133 e. The molecule has 0 aliphatic carbocycles. The third-order valence-electron chi connectivity index (χ3n) is 3.21. The third-order valence-corrected chi connectivity index (χ3v) is 4.82. The van der Waals surface area contributed by atoms with Gasteiger partial charge in [0.05, 0.1) is 17.1 Å². The number of halogens is 2. The molecule has 0 aromatic heterocycles. The number of hydrogen-bond donors (Lipinski definition) is 1. The zero-order valence-corrected chi connectivity index (χ0v) is 15.9. The van der Waals surface area contributed by atoms with Crippen LogP contribution in [0.25, 0.3) is 0 Å². The average molecular weight is 460 g/mol. The van der Waals surface area contributed by atoms with Crippen LogP contribution in [0.4, 0.5) is 0 Å². The second-order valence-electron chi connectivity index (χ2n) is 4.64. The van der Waals surface area contributed by atoms with Crippen molar-refractivity contribution in [1.29, 1.82) is 0 Å². The van der Waals surface area contributed by atoms with Crippen LogP contribution in [-0.4, -0.2) is 13.2 Å². The van der Waals surface area contributed by atoms with Gasteiger partial charge in [-0.3, -0.25) is 0 Å². The minimum absolute atomic E-state index is 0.190. The van der Waals surface area contributed by atoms with Gasteiger partial charge in [-0.1, -0.05) is 31.2 Å². The molecule has 0 saturated heterocycles. The molecule has 2 nitrogen and oxygen atoms in total. The second-order valence-corrected chi connectivity index (χ2v) is 6.65. The Kier molecular flexibility index (Phi) is 6.51. The minimum atomic E-state index is 0.190. The number of ether oxygens (including phenoxy) is 1. The smallest absolute Gasteiger partial charge is 0.133 e. The van der Waals surface area contributed by atoms with Gasteiger partial charge in [-0.2, -0.15) is 0 Å². The van der Waals surface area contributed by atoms with Crippen LogP contribution in [0.1, 0.15) is 31.0 Å². The minimum Gasteiger partial charge on any atom is -0.493 e. The molecule has 0 spiro atoms. The van der Waals surface area contributed by atoms with Gasteiger partial charge in [0.2, 0.25) is 0 Å². The molecule has 2 aromatic carbocycles. The Bertz CT molecular complexity index is 603. The molecule has 1 N–H and O–H groups in total. The Morgan fingerprint density at radius 1 is 1.19 bits per heavy atom. The largest absolute Gasteiger partial charge is 0.493 e. The van der Waals surface area contributed by atoms with Crippen LogP contribution in [-0.2, 0) is 0 Å². The summed E-state index contributed by atoms with van der Waals surface area (Å²) >= 11 is 6.00. The molecule has 0 bridgehead atoms. The number of nitrogens with one attached hydrogen (secondary N) is 1. The van der Waals surface area contributed by atoms with Crippen LogP contribution in [0.15, 0.2) is 46.9 Å². The maximum absolute atomic E-state index is 5.59. The molecule has 1 atom stereocenters. The summed E-state index contributed by atoms with van der Waals surface area (Å²) < 4.78 is 7.86. The molecule has 0 radical (unpaired) electrons. The highest BCUT2D eigenvalue weighted by Gasteiger charge is 2.16. The van der Waals surface area contributed by atoms with E-state index >= 15 is 0 Å². The van der Waals surface area contributed by atoms with Crippen molar-refractivity contribution in [2.45, 2.75) is 19.9 Å². The van der Waals surface area contributed by atoms with Gasteiger partial charge in [0, 0.05) is 3.57 Å². The van der Waals surface area contributed by atoms with Crippen LogP contribution >= 0.6 is 38.5 Å². The van der Waals surface area contributed by atoms with Gasteiger partial charge in [0.25, 0.3) is 0 Å². The van der Waals surface area contributed by atoms with Crippen LogP contribution in [0.3, 0.4) is 0 Å². The first-order valence-electron chi connectivity index (χ1n) is 7.07. The molecule has 21 heavy (non-hydrogen) atoms. The number of benzene rings is 2. The zero-order valence-electron chi connectivity index (χ0n) is 12.2. The van der Waals surface area contributed by atoms with E-state index in [4.69, 9.17) is 4.74 Å². The molecule has 4 heteroatoms. The zero-order chi connectivity index (χ0) is 15.2. The fourth-order valence-electron chi connectivity index (χ4n) is 2.29. The highest BCUT2D eigenvalue weighted by Crippen LogP contribution is 2.32. The van der Waals surface area contributed by atoms with Gasteiger partial charge in [-0.15, -0.1) is 0 Å². The standard InChI is InChI=1S/C17H19BrINO/c1-3-20-17(13-7-5-6-8-15(13)19)12-9-10-16(21-4-2)14(18)11-12/h5-11,17,20H,3-4H2,1-2H3. The van der Waals surface area contributed by atoms with E-state index in [9.17, 15) is 0 Å². The van der Waals surface area contributed by atoms with Crippen LogP contribution in [0, 0.1) is 3.57 Å². The quantitative estimate of drug-likeness (QED) is 0.603. The molecule has 2 aromatic rings. The van der Waals surface area contributed by atoms with Crippen molar-refractivity contribution in [2.24, 2.45) is 0 Å². The van der Waals surface area contributed by atoms with Gasteiger partial charge >= 0.3 is 0 Å². The summed E-state index contributed by atoms with van der Waals surface area (Å²) in [5.74, 6) is 0.888. The predicted octanol–water partition coefficient (Wildman–Crippen LogP) is 5.15. The lowest BCUT2D eigenvalue weighted by molar-refractivity contribution is 0.338. The Hall–Kier alpha value is -0.590. The van der Waals surface area contributed by atoms with Crippen LogP contribution in [0.5, 0.6) is 5.75 Å². The summed E-state index contributed by atoms with van der Waals surface area (Å²) in [6.45, 7) is 5.71. The van der Waals surface area contributed by atoms with Gasteiger partial charge in [0.1, 0.15) is 5.75 Å². The van der Waals surface area contributed by atoms with E-state index in [1.807, 2.05) is 13.0 Å². The van der Waals surface area contributed by atoms with E-state index in [0.29, 0.717) is 6.61 Å². The van der Waals surface area contributed by atoms with E-state index in [0.717, 1.165) is 16.8 Å². The van der Waals surface area contributed by atoms with Crippen molar-refractivity contribution in [2.75, 3.05) is 13.2 Å². The highest BCUT2D eigenvalue weighted by atomic mass is 127. The van der Waals surface area contributed by atoms with Crippen molar-refractivity contribution in [3.05, 3.63) is 61.6 Å². The van der Waals surface area contributed by atoms with E-state index in [2.05, 4.69) is 87.2 Å². The van der Waals surface area contributed by atoms with Crippen molar-refractivity contribution < 1.29 is 4.74 Å². The predicted molar refractivity (Wildman–Crippen MR) is 100.0 cm³/mol. The molecule has 0 amide bonds. The van der Waals surface area contributed by atoms with Gasteiger partial charge in [0.15, 0.2) is 0 Å². The summed E-state index contributed by atoms with van der Waals surface area (Å²) in [5.41, 5.74) is 2.53. The van der Waals surface area contributed by atoms with Gasteiger partial charge in [-0.05, 0) is 81.3 Å². The topological polar surface area (TPSA) is 21.3 Å². The third kappa shape index (κ3) is 4.20. The van der Waals surface area contributed by atoms with Crippen molar-refractivity contribution in [3.8, 4) is 5.75 Å². The fourth-order valence-corrected chi connectivity index (χ4v) is 3.50. The van der Waals surface area contributed by atoms with E-state index in [1.165, 1.54) is 14.7 Å². The molecule has 2 rings (SSSR count). The normalized spacial score (nSPS) is 12.2. The Labute approximate surface area is 148 Å². The lowest BCUT2D eigenvalue weighted by Crippen LogP contribution is -2.22. The molecule has 0 aliphatic heterocycles. The SMILES string of the molecule is CCNC(c1ccc(OCC)c(Br)c1)c1ccccc1I. The lowest BCUT2D eigenvalue weighted by Gasteiger charge is -2.21. The second kappa shape index (κ2) is 8.15. The first-order chi connectivity index (χ1) is 10.2. The summed E-state index contributed by atoms with van der Waals surface area (Å²) in [7, 11) is 0. The molecular weight excluding hydrogens is 441 g/mol. The van der Waals surface area contributed by atoms with Gasteiger partial charge in [-0.25, -0.2) is 0 Å². The summed E-state index contributed by atoms with van der Waals surface area (Å²) in [6, 6.07) is 15.0. The number of rotatable bonds is 6. The van der Waals surface area contributed by atoms with Crippen LogP contribution < -0.4 is 10.1 Å². The summed E-state index contributed by atoms with van der Waals surface area (Å²) in [4.78, 5) is 0. The molecule has 0 aliphatic rings. The molecule has 0 fully saturated rings. The highest BCUT2D eigenvalue weighted by molar-refractivity contribution is 14.1. The molecule has 0 heterocycles. The first kappa shape index (κ1) is 16.8.